The molecule has 206 valence electrons. The third-order valence-corrected chi connectivity index (χ3v) is 6.09. The topological polar surface area (TPSA) is 93.2 Å². The van der Waals surface area contributed by atoms with E-state index >= 15 is 4.39 Å². The number of esters is 1. The average Bonchev–Trinajstić information content (AvgIpc) is 3.31. The fourth-order valence-electron chi connectivity index (χ4n) is 4.37. The molecule has 0 amide bonds. The second-order valence-electron chi connectivity index (χ2n) is 9.16. The predicted molar refractivity (Wildman–Crippen MR) is 142 cm³/mol. The van der Waals surface area contributed by atoms with Gasteiger partial charge in [-0.1, -0.05) is 24.3 Å². The first-order valence-corrected chi connectivity index (χ1v) is 12.4. The molecule has 0 aliphatic carbocycles. The van der Waals surface area contributed by atoms with Crippen LogP contribution in [0.1, 0.15) is 29.4 Å². The maximum atomic E-state index is 15.3. The highest BCUT2D eigenvalue weighted by molar-refractivity contribution is 5.94. The molecule has 0 saturated heterocycles. The van der Waals surface area contributed by atoms with Crippen molar-refractivity contribution < 1.29 is 36.9 Å². The summed E-state index contributed by atoms with van der Waals surface area (Å²) in [4.78, 5) is 12.4. The highest BCUT2D eigenvalue weighted by Crippen LogP contribution is 2.35. The van der Waals surface area contributed by atoms with E-state index in [1.807, 2.05) is 12.1 Å². The van der Waals surface area contributed by atoms with E-state index in [0.29, 0.717) is 39.2 Å². The Morgan fingerprint density at radius 1 is 0.974 bits per heavy atom. The summed E-state index contributed by atoms with van der Waals surface area (Å²) >= 11 is 0. The van der Waals surface area contributed by atoms with Crippen molar-refractivity contribution in [3.05, 3.63) is 88.7 Å². The maximum absolute atomic E-state index is 15.3. The Kier molecular flexibility index (Phi) is 9.29. The van der Waals surface area contributed by atoms with E-state index in [1.54, 1.807) is 38.3 Å². The summed E-state index contributed by atoms with van der Waals surface area (Å²) in [6.07, 6.45) is -0.527. The number of carbonyl (C=O) groups excluding carboxylic acids is 1. The molecule has 1 aromatic heterocycles. The van der Waals surface area contributed by atoms with Crippen LogP contribution in [0.3, 0.4) is 0 Å². The lowest BCUT2D eigenvalue weighted by Gasteiger charge is -2.15. The highest BCUT2D eigenvalue weighted by Gasteiger charge is 2.18. The van der Waals surface area contributed by atoms with Gasteiger partial charge in [-0.05, 0) is 36.8 Å². The van der Waals surface area contributed by atoms with Crippen LogP contribution in [0.4, 0.5) is 8.78 Å². The molecule has 39 heavy (non-hydrogen) atoms. The zero-order chi connectivity index (χ0) is 27.9. The van der Waals surface area contributed by atoms with E-state index in [9.17, 15) is 9.18 Å². The number of nitrogens with two attached hydrogens (primary N) is 1. The molecule has 0 spiro atoms. The van der Waals surface area contributed by atoms with Crippen LogP contribution in [0.25, 0.3) is 22.1 Å². The Bertz CT molecular complexity index is 1450. The summed E-state index contributed by atoms with van der Waals surface area (Å²) in [6.45, 7) is 2.30. The molecule has 9 heteroatoms. The molecule has 1 atom stereocenters. The van der Waals surface area contributed by atoms with E-state index in [-0.39, 0.29) is 38.5 Å². The standard InChI is InChI=1S/C30H31F2NO6/c1-18(15-35-2)38-28(34)12-20-7-8-23(31)13-27(20)37-16-19-9-22-11-24(17-36-3)39-30(22)26(10-19)25-6-4-5-21(14-33)29(25)32/h4-11,13,18H,12,14-17,33H2,1-3H3. The molecule has 4 rings (SSSR count). The quantitative estimate of drug-likeness (QED) is 0.232. The first-order valence-electron chi connectivity index (χ1n) is 12.4. The van der Waals surface area contributed by atoms with E-state index in [4.69, 9.17) is 29.1 Å². The van der Waals surface area contributed by atoms with Crippen LogP contribution in [0, 0.1) is 11.6 Å². The Labute approximate surface area is 225 Å². The Balaban J connectivity index is 1.65. The summed E-state index contributed by atoms with van der Waals surface area (Å²) in [7, 11) is 3.08. The number of ether oxygens (including phenoxy) is 4. The number of hydrogen-bond donors (Lipinski definition) is 1. The smallest absolute Gasteiger partial charge is 0.310 e. The number of rotatable bonds is 12. The number of hydrogen-bond acceptors (Lipinski definition) is 7. The summed E-state index contributed by atoms with van der Waals surface area (Å²) in [5.74, 6) is -0.644. The molecule has 4 aromatic rings. The Morgan fingerprint density at radius 2 is 1.79 bits per heavy atom. The molecular formula is C30H31F2NO6. The van der Waals surface area contributed by atoms with Gasteiger partial charge in [0.25, 0.3) is 0 Å². The summed E-state index contributed by atoms with van der Waals surface area (Å²) in [5.41, 5.74) is 8.62. The molecule has 0 radical (unpaired) electrons. The van der Waals surface area contributed by atoms with Crippen LogP contribution in [-0.4, -0.2) is 32.9 Å². The SMILES string of the molecule is COCc1cc2cc(COc3cc(F)ccc3CC(=O)OC(C)COC)cc(-c3cccc(CN)c3F)c2o1. The molecule has 3 aromatic carbocycles. The van der Waals surface area contributed by atoms with E-state index in [1.165, 1.54) is 25.3 Å². The monoisotopic (exact) mass is 539 g/mol. The van der Waals surface area contributed by atoms with Crippen molar-refractivity contribution in [2.24, 2.45) is 5.73 Å². The lowest BCUT2D eigenvalue weighted by atomic mass is 9.98. The van der Waals surface area contributed by atoms with Gasteiger partial charge in [0.1, 0.15) is 48.0 Å². The number of carbonyl (C=O) groups is 1. The van der Waals surface area contributed by atoms with Gasteiger partial charge in [-0.25, -0.2) is 8.78 Å². The minimum absolute atomic E-state index is 0.0253. The molecule has 0 fully saturated rings. The van der Waals surface area contributed by atoms with Gasteiger partial charge in [-0.15, -0.1) is 0 Å². The fourth-order valence-corrected chi connectivity index (χ4v) is 4.37. The number of fused-ring (bicyclic) bond motifs is 1. The molecule has 1 heterocycles. The van der Waals surface area contributed by atoms with Crippen LogP contribution in [0.2, 0.25) is 0 Å². The van der Waals surface area contributed by atoms with Crippen LogP contribution in [-0.2, 0) is 45.2 Å². The van der Waals surface area contributed by atoms with E-state index in [2.05, 4.69) is 0 Å². The molecule has 2 N–H and O–H groups in total. The second kappa shape index (κ2) is 12.8. The zero-order valence-corrected chi connectivity index (χ0v) is 22.1. The molecule has 0 saturated carbocycles. The molecule has 0 bridgehead atoms. The largest absolute Gasteiger partial charge is 0.488 e. The van der Waals surface area contributed by atoms with Gasteiger partial charge < -0.3 is 29.1 Å². The number of halogens is 2. The van der Waals surface area contributed by atoms with Gasteiger partial charge in [-0.2, -0.15) is 0 Å². The lowest BCUT2D eigenvalue weighted by Crippen LogP contribution is -2.21. The molecule has 0 aliphatic rings. The molecular weight excluding hydrogens is 508 g/mol. The van der Waals surface area contributed by atoms with Gasteiger partial charge in [0, 0.05) is 54.5 Å². The van der Waals surface area contributed by atoms with Crippen LogP contribution in [0.5, 0.6) is 5.75 Å². The molecule has 0 aliphatic heterocycles. The highest BCUT2D eigenvalue weighted by atomic mass is 19.1. The Hall–Kier alpha value is -3.79. The van der Waals surface area contributed by atoms with Gasteiger partial charge in [0.05, 0.1) is 13.0 Å². The van der Waals surface area contributed by atoms with Gasteiger partial charge in [0.15, 0.2) is 0 Å². The summed E-state index contributed by atoms with van der Waals surface area (Å²) < 4.78 is 56.9. The second-order valence-corrected chi connectivity index (χ2v) is 9.16. The van der Waals surface area contributed by atoms with E-state index < -0.39 is 23.7 Å². The number of benzene rings is 3. The van der Waals surface area contributed by atoms with E-state index in [0.717, 1.165) is 5.39 Å². The normalized spacial score (nSPS) is 12.1. The summed E-state index contributed by atoms with van der Waals surface area (Å²) in [5, 5.41) is 0.728. The van der Waals surface area contributed by atoms with Crippen molar-refractivity contribution in [2.45, 2.75) is 39.2 Å². The first-order chi connectivity index (χ1) is 18.8. The van der Waals surface area contributed by atoms with Crippen molar-refractivity contribution in [2.75, 3.05) is 20.8 Å². The van der Waals surface area contributed by atoms with Crippen molar-refractivity contribution in [1.29, 1.82) is 0 Å². The minimum Gasteiger partial charge on any atom is -0.488 e. The summed E-state index contributed by atoms with van der Waals surface area (Å²) in [6, 6.07) is 14.4. The average molecular weight is 540 g/mol. The number of furan rings is 1. The van der Waals surface area contributed by atoms with Crippen molar-refractivity contribution in [3.8, 4) is 16.9 Å². The maximum Gasteiger partial charge on any atom is 0.310 e. The van der Waals surface area contributed by atoms with Crippen molar-refractivity contribution in [1.82, 2.24) is 0 Å². The van der Waals surface area contributed by atoms with Crippen LogP contribution in [0.15, 0.2) is 59.0 Å². The minimum atomic E-state index is -0.509. The molecule has 1 unspecified atom stereocenters. The van der Waals surface area contributed by atoms with Crippen molar-refractivity contribution in [3.63, 3.8) is 0 Å². The number of methoxy groups -OCH3 is 2. The van der Waals surface area contributed by atoms with Crippen LogP contribution >= 0.6 is 0 Å². The predicted octanol–water partition coefficient (Wildman–Crippen LogP) is 5.68. The lowest BCUT2D eigenvalue weighted by molar-refractivity contribution is -0.149. The third kappa shape index (κ3) is 6.81. The first kappa shape index (κ1) is 28.2. The third-order valence-electron chi connectivity index (χ3n) is 6.09. The van der Waals surface area contributed by atoms with Crippen molar-refractivity contribution >= 4 is 16.9 Å². The zero-order valence-electron chi connectivity index (χ0n) is 22.1. The van der Waals surface area contributed by atoms with Gasteiger partial charge >= 0.3 is 5.97 Å². The van der Waals surface area contributed by atoms with Gasteiger partial charge in [0.2, 0.25) is 0 Å². The van der Waals surface area contributed by atoms with Crippen LogP contribution < -0.4 is 10.5 Å². The Morgan fingerprint density at radius 3 is 2.54 bits per heavy atom. The fraction of sp³-hybridized carbons (Fsp3) is 0.300. The molecule has 7 nitrogen and oxygen atoms in total. The van der Waals surface area contributed by atoms with Gasteiger partial charge in [-0.3, -0.25) is 4.79 Å².